The van der Waals surface area contributed by atoms with Gasteiger partial charge in [-0.2, -0.15) is 0 Å². The van der Waals surface area contributed by atoms with Crippen LogP contribution in [0.15, 0.2) is 5.16 Å². The number of nitrogens with two attached hydrogens (primary N) is 1. The molecule has 1 rings (SSSR count). The number of nitrogens with one attached hydrogen (secondary N) is 1. The van der Waals surface area contributed by atoms with E-state index >= 15 is 0 Å². The lowest BCUT2D eigenvalue weighted by Crippen LogP contribution is -2.37. The molecule has 1 aromatic rings. The summed E-state index contributed by atoms with van der Waals surface area (Å²) in [4.78, 5) is 11.9. The second kappa shape index (κ2) is 8.26. The minimum Gasteiger partial charge on any atom is -0.353 e. The van der Waals surface area contributed by atoms with Crippen molar-refractivity contribution in [2.24, 2.45) is 11.7 Å². The Kier molecular flexibility index (Phi) is 7.01. The van der Waals surface area contributed by atoms with Gasteiger partial charge < -0.3 is 15.6 Å². The number of hydrogen-bond acceptors (Lipinski definition) is 5. The number of thioether (sulfide) groups is 1. The van der Waals surface area contributed by atoms with Crippen molar-refractivity contribution in [1.29, 1.82) is 0 Å². The zero-order chi connectivity index (χ0) is 15.1. The smallest absolute Gasteiger partial charge is 0.230 e. The minimum absolute atomic E-state index is 0.0246. The van der Waals surface area contributed by atoms with Crippen LogP contribution in [0.5, 0.6) is 0 Å². The van der Waals surface area contributed by atoms with Crippen molar-refractivity contribution in [3.8, 4) is 0 Å². The van der Waals surface area contributed by atoms with Crippen LogP contribution in [0.4, 0.5) is 0 Å². The van der Waals surface area contributed by atoms with Crippen LogP contribution in [0.25, 0.3) is 0 Å². The van der Waals surface area contributed by atoms with Crippen molar-refractivity contribution in [3.63, 3.8) is 0 Å². The van der Waals surface area contributed by atoms with E-state index in [1.165, 1.54) is 11.8 Å². The standard InChI is InChI=1S/C13H25N5OS/c1-5-6-18-11(7-14)16-17-13(18)20-8-12(19)15-10(4)9(2)3/h9-10H,5-8,14H2,1-4H3,(H,15,19). The largest absolute Gasteiger partial charge is 0.353 e. The Morgan fingerprint density at radius 1 is 1.40 bits per heavy atom. The van der Waals surface area contributed by atoms with Gasteiger partial charge in [0.25, 0.3) is 0 Å². The molecule has 0 aromatic carbocycles. The maximum absolute atomic E-state index is 11.9. The molecular weight excluding hydrogens is 274 g/mol. The van der Waals surface area contributed by atoms with Crippen LogP contribution in [0.3, 0.4) is 0 Å². The Balaban J connectivity index is 2.57. The molecule has 1 heterocycles. The van der Waals surface area contributed by atoms with E-state index in [0.29, 0.717) is 18.2 Å². The fourth-order valence-electron chi connectivity index (χ4n) is 1.62. The average Bonchev–Trinajstić information content (AvgIpc) is 2.79. The number of rotatable bonds is 8. The van der Waals surface area contributed by atoms with Crippen molar-refractivity contribution in [2.45, 2.75) is 58.4 Å². The molecule has 0 bridgehead atoms. The van der Waals surface area contributed by atoms with Crippen LogP contribution in [-0.2, 0) is 17.9 Å². The molecule has 0 aliphatic carbocycles. The third-order valence-corrected chi connectivity index (χ3v) is 4.11. The molecule has 0 radical (unpaired) electrons. The SMILES string of the molecule is CCCn1c(CN)nnc1SCC(=O)NC(C)C(C)C. The average molecular weight is 299 g/mol. The molecule has 114 valence electrons. The number of carbonyl (C=O) groups is 1. The van der Waals surface area contributed by atoms with Crippen LogP contribution < -0.4 is 11.1 Å². The molecule has 1 atom stereocenters. The third kappa shape index (κ3) is 4.79. The summed E-state index contributed by atoms with van der Waals surface area (Å²) in [7, 11) is 0. The van der Waals surface area contributed by atoms with E-state index in [0.717, 1.165) is 23.9 Å². The third-order valence-electron chi connectivity index (χ3n) is 3.14. The maximum Gasteiger partial charge on any atom is 0.230 e. The molecule has 3 N–H and O–H groups in total. The molecule has 0 aliphatic heterocycles. The summed E-state index contributed by atoms with van der Waals surface area (Å²) in [5, 5.41) is 11.9. The van der Waals surface area contributed by atoms with Gasteiger partial charge in [-0.3, -0.25) is 4.79 Å². The van der Waals surface area contributed by atoms with Gasteiger partial charge in [0.15, 0.2) is 5.16 Å². The minimum atomic E-state index is 0.0246. The number of amides is 1. The predicted molar refractivity (Wildman–Crippen MR) is 81.4 cm³/mol. The quantitative estimate of drug-likeness (QED) is 0.709. The van der Waals surface area contributed by atoms with Crippen molar-refractivity contribution in [2.75, 3.05) is 5.75 Å². The molecule has 0 spiro atoms. The first-order valence-electron chi connectivity index (χ1n) is 7.03. The van der Waals surface area contributed by atoms with E-state index in [1.807, 2.05) is 11.5 Å². The van der Waals surface area contributed by atoms with Gasteiger partial charge in [0.1, 0.15) is 5.82 Å². The van der Waals surface area contributed by atoms with Gasteiger partial charge >= 0.3 is 0 Å². The summed E-state index contributed by atoms with van der Waals surface area (Å²) >= 11 is 1.41. The Bertz CT molecular complexity index is 432. The van der Waals surface area contributed by atoms with Gasteiger partial charge in [-0.05, 0) is 19.3 Å². The van der Waals surface area contributed by atoms with Crippen LogP contribution in [-0.4, -0.2) is 32.5 Å². The molecular formula is C13H25N5OS. The van der Waals surface area contributed by atoms with Gasteiger partial charge in [0.2, 0.25) is 5.91 Å². The Labute approximate surface area is 124 Å². The van der Waals surface area contributed by atoms with Gasteiger partial charge in [-0.1, -0.05) is 32.5 Å². The summed E-state index contributed by atoms with van der Waals surface area (Å²) in [6, 6.07) is 0.177. The fourth-order valence-corrected chi connectivity index (χ4v) is 2.41. The molecule has 7 heteroatoms. The second-order valence-electron chi connectivity index (χ2n) is 5.14. The van der Waals surface area contributed by atoms with Crippen LogP contribution in [0.1, 0.15) is 39.9 Å². The lowest BCUT2D eigenvalue weighted by Gasteiger charge is -2.17. The highest BCUT2D eigenvalue weighted by Crippen LogP contribution is 2.17. The highest BCUT2D eigenvalue weighted by molar-refractivity contribution is 7.99. The van der Waals surface area contributed by atoms with Gasteiger partial charge in [0.05, 0.1) is 12.3 Å². The zero-order valence-corrected chi connectivity index (χ0v) is 13.5. The van der Waals surface area contributed by atoms with Crippen molar-refractivity contribution >= 4 is 17.7 Å². The monoisotopic (exact) mass is 299 g/mol. The molecule has 20 heavy (non-hydrogen) atoms. The topological polar surface area (TPSA) is 85.8 Å². The fraction of sp³-hybridized carbons (Fsp3) is 0.769. The van der Waals surface area contributed by atoms with Crippen LogP contribution in [0, 0.1) is 5.92 Å². The lowest BCUT2D eigenvalue weighted by molar-refractivity contribution is -0.119. The number of carbonyl (C=O) groups excluding carboxylic acids is 1. The van der Waals surface area contributed by atoms with Crippen LogP contribution >= 0.6 is 11.8 Å². The Hall–Kier alpha value is -1.08. The van der Waals surface area contributed by atoms with Gasteiger partial charge in [-0.15, -0.1) is 10.2 Å². The molecule has 6 nitrogen and oxygen atoms in total. The molecule has 0 saturated carbocycles. The second-order valence-corrected chi connectivity index (χ2v) is 6.09. The predicted octanol–water partition coefficient (Wildman–Crippen LogP) is 1.40. The molecule has 1 amide bonds. The zero-order valence-electron chi connectivity index (χ0n) is 12.7. The van der Waals surface area contributed by atoms with E-state index in [9.17, 15) is 4.79 Å². The number of aromatic nitrogens is 3. The van der Waals surface area contributed by atoms with Gasteiger partial charge in [-0.25, -0.2) is 0 Å². The highest BCUT2D eigenvalue weighted by atomic mass is 32.2. The summed E-state index contributed by atoms with van der Waals surface area (Å²) in [5.74, 6) is 1.57. The van der Waals surface area contributed by atoms with E-state index < -0.39 is 0 Å². The van der Waals surface area contributed by atoms with E-state index in [1.54, 1.807) is 0 Å². The summed E-state index contributed by atoms with van der Waals surface area (Å²) in [5.41, 5.74) is 5.64. The van der Waals surface area contributed by atoms with E-state index in [4.69, 9.17) is 5.73 Å². The summed E-state index contributed by atoms with van der Waals surface area (Å²) in [6.45, 7) is 9.47. The van der Waals surface area contributed by atoms with E-state index in [-0.39, 0.29) is 11.9 Å². The first-order valence-corrected chi connectivity index (χ1v) is 8.02. The molecule has 0 saturated heterocycles. The molecule has 1 unspecified atom stereocenters. The van der Waals surface area contributed by atoms with E-state index in [2.05, 4.69) is 36.3 Å². The maximum atomic E-state index is 11.9. The summed E-state index contributed by atoms with van der Waals surface area (Å²) in [6.07, 6.45) is 0.981. The number of nitrogens with zero attached hydrogens (tertiary/aromatic N) is 3. The Morgan fingerprint density at radius 2 is 2.10 bits per heavy atom. The van der Waals surface area contributed by atoms with Crippen molar-refractivity contribution in [3.05, 3.63) is 5.82 Å². The molecule has 0 aliphatic rings. The lowest BCUT2D eigenvalue weighted by atomic mass is 10.1. The van der Waals surface area contributed by atoms with Crippen molar-refractivity contribution in [1.82, 2.24) is 20.1 Å². The number of hydrogen-bond donors (Lipinski definition) is 2. The van der Waals surface area contributed by atoms with Gasteiger partial charge in [0, 0.05) is 12.6 Å². The molecule has 0 fully saturated rings. The first kappa shape index (κ1) is 17.0. The van der Waals surface area contributed by atoms with Crippen molar-refractivity contribution < 1.29 is 4.79 Å². The highest BCUT2D eigenvalue weighted by Gasteiger charge is 2.14. The normalized spacial score (nSPS) is 12.7. The Morgan fingerprint density at radius 3 is 2.65 bits per heavy atom. The van der Waals surface area contributed by atoms with Crippen LogP contribution in [0.2, 0.25) is 0 Å². The molecule has 1 aromatic heterocycles. The summed E-state index contributed by atoms with van der Waals surface area (Å²) < 4.78 is 1.99. The first-order chi connectivity index (χ1) is 9.49.